The highest BCUT2D eigenvalue weighted by atomic mass is 16.6. The predicted molar refractivity (Wildman–Crippen MR) is 143 cm³/mol. The van der Waals surface area contributed by atoms with Gasteiger partial charge in [-0.1, -0.05) is 19.8 Å². The van der Waals surface area contributed by atoms with Gasteiger partial charge in [0.25, 0.3) is 11.8 Å². The zero-order valence-electron chi connectivity index (χ0n) is 23.6. The van der Waals surface area contributed by atoms with E-state index in [0.29, 0.717) is 106 Å². The molecule has 1 aliphatic heterocycles. The molecular weight excluding hydrogens is 514 g/mol. The number of carbonyl (C=O) groups is 2. The summed E-state index contributed by atoms with van der Waals surface area (Å²) in [6.07, 6.45) is 6.05. The standard InChI is InChI=1S/C27H49NO11/c1-2-3-4-8-31-10-12-33-14-16-35-18-20-37-22-24-39-25-23-38-21-19-36-17-15-34-13-11-32-9-7-28-26(29)5-6-27(28)30/h5-6H,2-4,7-25H2,1H3. The van der Waals surface area contributed by atoms with Crippen LogP contribution >= 0.6 is 0 Å². The van der Waals surface area contributed by atoms with Gasteiger partial charge in [-0.25, -0.2) is 0 Å². The number of amides is 2. The summed E-state index contributed by atoms with van der Waals surface area (Å²) < 4.78 is 48.9. The number of unbranched alkanes of at least 4 members (excludes halogenated alkanes) is 2. The van der Waals surface area contributed by atoms with E-state index in [2.05, 4.69) is 6.92 Å². The summed E-state index contributed by atoms with van der Waals surface area (Å²) in [4.78, 5) is 23.9. The molecule has 12 nitrogen and oxygen atoms in total. The number of imide groups is 1. The second kappa shape index (κ2) is 28.1. The number of rotatable bonds is 31. The molecule has 0 N–H and O–H groups in total. The summed E-state index contributed by atoms with van der Waals surface area (Å²) >= 11 is 0. The Morgan fingerprint density at radius 1 is 0.436 bits per heavy atom. The average molecular weight is 564 g/mol. The lowest BCUT2D eigenvalue weighted by atomic mass is 10.3. The van der Waals surface area contributed by atoms with Gasteiger partial charge in [0.2, 0.25) is 0 Å². The summed E-state index contributed by atoms with van der Waals surface area (Å²) in [5.41, 5.74) is 0. The summed E-state index contributed by atoms with van der Waals surface area (Å²) in [7, 11) is 0. The number of hydrogen-bond donors (Lipinski definition) is 0. The van der Waals surface area contributed by atoms with Crippen LogP contribution in [0.1, 0.15) is 26.2 Å². The molecule has 1 heterocycles. The van der Waals surface area contributed by atoms with Crippen molar-refractivity contribution < 1.29 is 52.2 Å². The van der Waals surface area contributed by atoms with Gasteiger partial charge in [0, 0.05) is 18.8 Å². The van der Waals surface area contributed by atoms with E-state index in [9.17, 15) is 9.59 Å². The van der Waals surface area contributed by atoms with Crippen molar-refractivity contribution in [3.63, 3.8) is 0 Å². The highest BCUT2D eigenvalue weighted by Crippen LogP contribution is 2.02. The summed E-state index contributed by atoms with van der Waals surface area (Å²) in [5.74, 6) is -0.604. The van der Waals surface area contributed by atoms with Crippen molar-refractivity contribution in [1.82, 2.24) is 4.90 Å². The number of ether oxygens (including phenoxy) is 9. The quantitative estimate of drug-likeness (QED) is 0.0895. The van der Waals surface area contributed by atoms with Crippen molar-refractivity contribution in [1.29, 1.82) is 0 Å². The molecule has 0 unspecified atom stereocenters. The predicted octanol–water partition coefficient (Wildman–Crippen LogP) is 1.25. The van der Waals surface area contributed by atoms with Crippen LogP contribution in [0.25, 0.3) is 0 Å². The van der Waals surface area contributed by atoms with Crippen LogP contribution in [0, 0.1) is 0 Å². The van der Waals surface area contributed by atoms with Gasteiger partial charge in [-0.05, 0) is 6.42 Å². The highest BCUT2D eigenvalue weighted by Gasteiger charge is 2.22. The summed E-state index contributed by atoms with van der Waals surface area (Å²) in [5, 5.41) is 0. The Labute approximate surface area is 233 Å². The molecule has 228 valence electrons. The van der Waals surface area contributed by atoms with Crippen LogP contribution in [-0.2, 0) is 52.2 Å². The molecule has 0 spiro atoms. The molecule has 0 atom stereocenters. The van der Waals surface area contributed by atoms with Crippen LogP contribution in [0.5, 0.6) is 0 Å². The lowest BCUT2D eigenvalue weighted by Crippen LogP contribution is -2.33. The largest absolute Gasteiger partial charge is 0.379 e. The molecule has 12 heteroatoms. The minimum Gasteiger partial charge on any atom is -0.379 e. The second-order valence-electron chi connectivity index (χ2n) is 8.38. The Morgan fingerprint density at radius 3 is 1.03 bits per heavy atom. The van der Waals surface area contributed by atoms with Crippen LogP contribution in [0.4, 0.5) is 0 Å². The number of carbonyl (C=O) groups excluding carboxylic acids is 2. The second-order valence-corrected chi connectivity index (χ2v) is 8.38. The van der Waals surface area contributed by atoms with Crippen molar-refractivity contribution in [3.8, 4) is 0 Å². The Morgan fingerprint density at radius 2 is 0.718 bits per heavy atom. The first-order valence-corrected chi connectivity index (χ1v) is 14.0. The van der Waals surface area contributed by atoms with Gasteiger partial charge in [-0.2, -0.15) is 0 Å². The molecule has 0 aromatic rings. The maximum atomic E-state index is 11.4. The van der Waals surface area contributed by atoms with Crippen molar-refractivity contribution in [3.05, 3.63) is 12.2 Å². The van der Waals surface area contributed by atoms with Crippen molar-refractivity contribution >= 4 is 11.8 Å². The van der Waals surface area contributed by atoms with E-state index in [1.807, 2.05) is 0 Å². The third kappa shape index (κ3) is 23.0. The van der Waals surface area contributed by atoms with E-state index >= 15 is 0 Å². The van der Waals surface area contributed by atoms with Crippen molar-refractivity contribution in [2.75, 3.05) is 125 Å². The molecule has 0 aromatic heterocycles. The molecule has 0 aliphatic carbocycles. The molecule has 1 aliphatic rings. The molecule has 0 saturated carbocycles. The number of nitrogens with zero attached hydrogens (tertiary/aromatic N) is 1. The van der Waals surface area contributed by atoms with Gasteiger partial charge in [0.15, 0.2) is 0 Å². The SMILES string of the molecule is CCCCCOCCOCCOCCOCCOCCOCCOCCOCCOCCN1C(=O)C=CC1=O. The molecule has 39 heavy (non-hydrogen) atoms. The van der Waals surface area contributed by atoms with Gasteiger partial charge < -0.3 is 42.6 Å². The first-order valence-electron chi connectivity index (χ1n) is 14.0. The van der Waals surface area contributed by atoms with Gasteiger partial charge in [0.05, 0.1) is 119 Å². The van der Waals surface area contributed by atoms with Crippen LogP contribution < -0.4 is 0 Å². The van der Waals surface area contributed by atoms with Crippen LogP contribution in [-0.4, -0.2) is 142 Å². The Kier molecular flexibility index (Phi) is 25.6. The summed E-state index contributed by atoms with van der Waals surface area (Å²) in [6.45, 7) is 11.6. The maximum Gasteiger partial charge on any atom is 0.253 e. The summed E-state index contributed by atoms with van der Waals surface area (Å²) in [6, 6.07) is 0. The van der Waals surface area contributed by atoms with Gasteiger partial charge in [-0.15, -0.1) is 0 Å². The van der Waals surface area contributed by atoms with Gasteiger partial charge in [-0.3, -0.25) is 14.5 Å². The average Bonchev–Trinajstić information content (AvgIpc) is 3.26. The third-order valence-electron chi connectivity index (χ3n) is 5.23. The fraction of sp³-hybridized carbons (Fsp3) is 0.852. The molecular formula is C27H49NO11. The van der Waals surface area contributed by atoms with Crippen molar-refractivity contribution in [2.24, 2.45) is 0 Å². The molecule has 0 bridgehead atoms. The topological polar surface area (TPSA) is 120 Å². The van der Waals surface area contributed by atoms with E-state index in [1.165, 1.54) is 25.0 Å². The first kappa shape index (κ1) is 35.5. The Balaban J connectivity index is 1.64. The van der Waals surface area contributed by atoms with Gasteiger partial charge in [0.1, 0.15) is 0 Å². The fourth-order valence-corrected chi connectivity index (χ4v) is 3.12. The lowest BCUT2D eigenvalue weighted by molar-refractivity contribution is -0.137. The molecule has 2 amide bonds. The minimum absolute atomic E-state index is 0.245. The maximum absolute atomic E-state index is 11.4. The first-order chi connectivity index (χ1) is 19.3. The number of hydrogen-bond acceptors (Lipinski definition) is 11. The highest BCUT2D eigenvalue weighted by molar-refractivity contribution is 6.12. The lowest BCUT2D eigenvalue weighted by Gasteiger charge is -2.13. The van der Waals surface area contributed by atoms with Crippen molar-refractivity contribution in [2.45, 2.75) is 26.2 Å². The van der Waals surface area contributed by atoms with E-state index in [-0.39, 0.29) is 25.0 Å². The zero-order chi connectivity index (χ0) is 28.1. The van der Waals surface area contributed by atoms with E-state index in [4.69, 9.17) is 42.6 Å². The molecule has 0 radical (unpaired) electrons. The monoisotopic (exact) mass is 563 g/mol. The Hall–Kier alpha value is -1.48. The van der Waals surface area contributed by atoms with E-state index in [1.54, 1.807) is 0 Å². The molecule has 0 fully saturated rings. The van der Waals surface area contributed by atoms with E-state index in [0.717, 1.165) is 17.9 Å². The van der Waals surface area contributed by atoms with Crippen LogP contribution in [0.15, 0.2) is 12.2 Å². The third-order valence-corrected chi connectivity index (χ3v) is 5.23. The molecule has 0 aromatic carbocycles. The zero-order valence-corrected chi connectivity index (χ0v) is 23.6. The Bertz CT molecular complexity index is 588. The molecule has 1 rings (SSSR count). The smallest absolute Gasteiger partial charge is 0.253 e. The van der Waals surface area contributed by atoms with Crippen LogP contribution in [0.2, 0.25) is 0 Å². The molecule has 0 saturated heterocycles. The minimum atomic E-state index is -0.302. The normalized spacial score (nSPS) is 13.3. The van der Waals surface area contributed by atoms with Gasteiger partial charge >= 0.3 is 0 Å². The van der Waals surface area contributed by atoms with Crippen LogP contribution in [0.3, 0.4) is 0 Å². The van der Waals surface area contributed by atoms with E-state index < -0.39 is 0 Å². The fourth-order valence-electron chi connectivity index (χ4n) is 3.12.